The van der Waals surface area contributed by atoms with Crippen LogP contribution in [0.2, 0.25) is 0 Å². The van der Waals surface area contributed by atoms with Crippen molar-refractivity contribution in [3.8, 4) is 23.1 Å². The predicted octanol–water partition coefficient (Wildman–Crippen LogP) is 2.81. The molecule has 0 aliphatic heterocycles. The van der Waals surface area contributed by atoms with Gasteiger partial charge < -0.3 is 24.8 Å². The second-order valence-electron chi connectivity index (χ2n) is 10.9. The molecule has 13 nitrogen and oxygen atoms in total. The minimum absolute atomic E-state index is 0.0425. The average Bonchev–Trinajstić information content (AvgIpc) is 3.79. The lowest BCUT2D eigenvalue weighted by Gasteiger charge is -2.23. The van der Waals surface area contributed by atoms with Crippen molar-refractivity contribution in [1.82, 2.24) is 19.6 Å². The molecule has 0 spiro atoms. The molecule has 3 N–H and O–H groups in total. The highest BCUT2D eigenvalue weighted by molar-refractivity contribution is 7.90. The topological polar surface area (TPSA) is 180 Å². The first kappa shape index (κ1) is 32.7. The van der Waals surface area contributed by atoms with Crippen molar-refractivity contribution in [2.24, 2.45) is 17.6 Å². The third kappa shape index (κ3) is 9.15. The summed E-state index contributed by atoms with van der Waals surface area (Å²) in [7, 11) is -0.421. The maximum atomic E-state index is 13.3. The average molecular weight is 630 g/mol. The summed E-state index contributed by atoms with van der Waals surface area (Å²) in [5, 5.41) is -0.497. The molecule has 0 bridgehead atoms. The van der Waals surface area contributed by atoms with Gasteiger partial charge in [0.15, 0.2) is 5.82 Å². The number of methoxy groups -OCH3 is 1. The number of nitrogens with zero attached hydrogens (tertiary/aromatic N) is 3. The van der Waals surface area contributed by atoms with Gasteiger partial charge in [-0.25, -0.2) is 17.9 Å². The Morgan fingerprint density at radius 2 is 1.75 bits per heavy atom. The van der Waals surface area contributed by atoms with Gasteiger partial charge in [-0.1, -0.05) is 42.5 Å². The van der Waals surface area contributed by atoms with Crippen LogP contribution in [0.1, 0.15) is 44.9 Å². The Labute approximate surface area is 257 Å². The Kier molecular flexibility index (Phi) is 11.1. The van der Waals surface area contributed by atoms with Crippen LogP contribution < -0.4 is 19.9 Å². The molecule has 1 unspecified atom stereocenters. The van der Waals surface area contributed by atoms with E-state index in [1.54, 1.807) is 24.1 Å². The number of allylic oxidation sites excluding steroid dienone is 1. The second kappa shape index (κ2) is 15.0. The number of carbonyl (C=O) groups excluding carboxylic acids is 3. The first-order chi connectivity index (χ1) is 21.1. The number of benzene rings is 1. The number of nitrogens with one attached hydrogen (secondary N) is 1. The Bertz CT molecular complexity index is 1450. The minimum atomic E-state index is -3.63. The fraction of sp³-hybridized carbons (Fsp3) is 0.500. The van der Waals surface area contributed by atoms with Gasteiger partial charge >= 0.3 is 6.09 Å². The van der Waals surface area contributed by atoms with Crippen LogP contribution in [0.3, 0.4) is 0 Å². The van der Waals surface area contributed by atoms with Crippen LogP contribution in [0.4, 0.5) is 4.79 Å². The third-order valence-corrected chi connectivity index (χ3v) is 9.37. The quantitative estimate of drug-likeness (QED) is 0.220. The number of hydrogen-bond acceptors (Lipinski definition) is 10. The van der Waals surface area contributed by atoms with E-state index in [9.17, 15) is 22.8 Å². The van der Waals surface area contributed by atoms with E-state index < -0.39 is 45.2 Å². The van der Waals surface area contributed by atoms with E-state index in [4.69, 9.17) is 19.9 Å². The first-order valence-electron chi connectivity index (χ1n) is 14.6. The van der Waals surface area contributed by atoms with Gasteiger partial charge in [0.1, 0.15) is 12.7 Å². The molecule has 2 saturated carbocycles. The SMILES string of the molecule is COc1cc(O[C@H]2CC(C(=O)N(C)CCCC/C=C\COC(=O)NS(=O)(=O)C3CC3)[C@H](C(N)=O)C2)nc(-c2ccccc2)n1. The summed E-state index contributed by atoms with van der Waals surface area (Å²) in [5.41, 5.74) is 6.48. The van der Waals surface area contributed by atoms with Crippen molar-refractivity contribution >= 4 is 27.9 Å². The molecule has 2 aliphatic rings. The normalized spacial score (nSPS) is 19.8. The van der Waals surface area contributed by atoms with Crippen LogP contribution in [0.25, 0.3) is 11.4 Å². The highest BCUT2D eigenvalue weighted by Crippen LogP contribution is 2.36. The summed E-state index contributed by atoms with van der Waals surface area (Å²) in [6, 6.07) is 11.0. The highest BCUT2D eigenvalue weighted by atomic mass is 32.2. The number of unbranched alkanes of at least 4 members (excludes halogenated alkanes) is 2. The Morgan fingerprint density at radius 1 is 1.05 bits per heavy atom. The lowest BCUT2D eigenvalue weighted by atomic mass is 9.94. The van der Waals surface area contributed by atoms with E-state index in [-0.39, 0.29) is 18.4 Å². The molecule has 1 aromatic carbocycles. The standard InChI is InChI=1S/C30H39N5O8S/c1-35(15-9-4-3-5-10-16-42-30(38)34-44(39,40)22-13-14-22)29(37)24-18-21(17-23(24)27(31)36)43-26-19-25(41-2)32-28(33-26)20-11-7-6-8-12-20/h5-8,10-12,19,21-24H,3-4,9,13-18H2,1-2H3,(H2,31,36)(H,34,38)/b10-5-/t21-,23-,24?/m1/s1. The molecule has 0 saturated heterocycles. The highest BCUT2D eigenvalue weighted by Gasteiger charge is 2.44. The van der Waals surface area contributed by atoms with Crippen LogP contribution in [-0.4, -0.2) is 79.9 Å². The fourth-order valence-electron chi connectivity index (χ4n) is 5.05. The predicted molar refractivity (Wildman–Crippen MR) is 161 cm³/mol. The first-order valence-corrected chi connectivity index (χ1v) is 16.1. The van der Waals surface area contributed by atoms with Crippen LogP contribution in [0, 0.1) is 11.8 Å². The van der Waals surface area contributed by atoms with E-state index in [1.165, 1.54) is 7.11 Å². The zero-order chi connectivity index (χ0) is 31.7. The van der Waals surface area contributed by atoms with Crippen molar-refractivity contribution < 1.29 is 37.0 Å². The van der Waals surface area contributed by atoms with Gasteiger partial charge in [-0.3, -0.25) is 9.59 Å². The third-order valence-electron chi connectivity index (χ3n) is 7.57. The summed E-state index contributed by atoms with van der Waals surface area (Å²) in [4.78, 5) is 47.7. The second-order valence-corrected chi connectivity index (χ2v) is 12.9. The molecule has 44 heavy (non-hydrogen) atoms. The van der Waals surface area contributed by atoms with Gasteiger partial charge in [0.25, 0.3) is 0 Å². The van der Waals surface area contributed by atoms with Crippen molar-refractivity contribution in [1.29, 1.82) is 0 Å². The summed E-state index contributed by atoms with van der Waals surface area (Å²) >= 11 is 0. The maximum Gasteiger partial charge on any atom is 0.421 e. The number of rotatable bonds is 15. The molecule has 3 atom stereocenters. The van der Waals surface area contributed by atoms with E-state index in [1.807, 2.05) is 41.1 Å². The minimum Gasteiger partial charge on any atom is -0.481 e. The Hall–Kier alpha value is -4.20. The number of carbonyl (C=O) groups is 3. The van der Waals surface area contributed by atoms with Crippen molar-refractivity contribution in [2.45, 2.75) is 56.3 Å². The van der Waals surface area contributed by atoms with Crippen molar-refractivity contribution in [2.75, 3.05) is 27.3 Å². The number of aromatic nitrogens is 2. The fourth-order valence-corrected chi connectivity index (χ4v) is 6.27. The molecule has 14 heteroatoms. The van der Waals surface area contributed by atoms with Gasteiger partial charge in [-0.15, -0.1) is 0 Å². The molecule has 238 valence electrons. The van der Waals surface area contributed by atoms with Crippen LogP contribution in [-0.2, 0) is 24.3 Å². The molecular formula is C30H39N5O8S. The zero-order valence-electron chi connectivity index (χ0n) is 24.9. The van der Waals surface area contributed by atoms with Gasteiger partial charge in [0.05, 0.1) is 30.3 Å². The van der Waals surface area contributed by atoms with Crippen LogP contribution in [0.15, 0.2) is 48.6 Å². The molecule has 1 heterocycles. The smallest absolute Gasteiger partial charge is 0.421 e. The lowest BCUT2D eigenvalue weighted by Crippen LogP contribution is -2.39. The number of nitrogens with two attached hydrogens (primary N) is 1. The number of amides is 3. The summed E-state index contributed by atoms with van der Waals surface area (Å²) in [6.45, 7) is 0.445. The largest absolute Gasteiger partial charge is 0.481 e. The molecule has 1 aromatic heterocycles. The number of hydrogen-bond donors (Lipinski definition) is 2. The van der Waals surface area contributed by atoms with E-state index in [2.05, 4.69) is 9.97 Å². The van der Waals surface area contributed by atoms with E-state index in [0.29, 0.717) is 56.8 Å². The monoisotopic (exact) mass is 629 g/mol. The number of ether oxygens (including phenoxy) is 3. The van der Waals surface area contributed by atoms with Crippen LogP contribution in [0.5, 0.6) is 11.8 Å². The van der Waals surface area contributed by atoms with Gasteiger partial charge in [-0.2, -0.15) is 9.97 Å². The molecule has 2 aromatic rings. The summed E-state index contributed by atoms with van der Waals surface area (Å²) in [5.74, 6) is -0.923. The Morgan fingerprint density at radius 3 is 2.43 bits per heavy atom. The van der Waals surface area contributed by atoms with Gasteiger partial charge in [0, 0.05) is 19.2 Å². The summed E-state index contributed by atoms with van der Waals surface area (Å²) < 4.78 is 41.7. The molecule has 2 fully saturated rings. The lowest BCUT2D eigenvalue weighted by molar-refractivity contribution is -0.139. The zero-order valence-corrected chi connectivity index (χ0v) is 25.7. The molecule has 0 radical (unpaired) electrons. The van der Waals surface area contributed by atoms with Gasteiger partial charge in [-0.05, 0) is 44.9 Å². The van der Waals surface area contributed by atoms with Crippen molar-refractivity contribution in [3.63, 3.8) is 0 Å². The maximum absolute atomic E-state index is 13.3. The van der Waals surface area contributed by atoms with E-state index in [0.717, 1.165) is 12.0 Å². The molecular weight excluding hydrogens is 590 g/mol. The summed E-state index contributed by atoms with van der Waals surface area (Å²) in [6.07, 6.45) is 5.95. The molecule has 2 aliphatic carbocycles. The van der Waals surface area contributed by atoms with Crippen molar-refractivity contribution in [3.05, 3.63) is 48.6 Å². The number of primary amides is 1. The van der Waals surface area contributed by atoms with Gasteiger partial charge in [0.2, 0.25) is 33.6 Å². The Balaban J connectivity index is 1.22. The molecule has 4 rings (SSSR count). The van der Waals surface area contributed by atoms with Crippen LogP contribution >= 0.6 is 0 Å². The molecule has 3 amide bonds. The number of sulfonamides is 1. The van der Waals surface area contributed by atoms with E-state index >= 15 is 0 Å².